The molecule has 1 rings (SSSR count). The Hall–Kier alpha value is -0.610. The van der Waals surface area contributed by atoms with Crippen LogP contribution in [0.4, 0.5) is 0 Å². The maximum absolute atomic E-state index is 11.9. The van der Waals surface area contributed by atoms with E-state index in [1.54, 1.807) is 0 Å². The first-order valence-corrected chi connectivity index (χ1v) is 5.30. The smallest absolute Gasteiger partial charge is 0.227 e. The van der Waals surface area contributed by atoms with Crippen LogP contribution < -0.4 is 16.4 Å². The van der Waals surface area contributed by atoms with Gasteiger partial charge in [-0.15, -0.1) is 0 Å². The lowest BCUT2D eigenvalue weighted by Gasteiger charge is -2.33. The Morgan fingerprint density at radius 3 is 2.93 bits per heavy atom. The predicted octanol–water partition coefficient (Wildman–Crippen LogP) is -0.160. The Morgan fingerprint density at radius 1 is 1.71 bits per heavy atom. The number of piperidine rings is 1. The number of hydrogen-bond acceptors (Lipinski definition) is 3. The molecule has 1 aliphatic rings. The maximum Gasteiger partial charge on any atom is 0.227 e. The van der Waals surface area contributed by atoms with Crippen molar-refractivity contribution in [3.63, 3.8) is 0 Å². The molecule has 1 saturated heterocycles. The molecule has 0 saturated carbocycles. The van der Waals surface area contributed by atoms with Crippen LogP contribution in [0, 0.1) is 5.41 Å². The highest BCUT2D eigenvalue weighted by molar-refractivity contribution is 5.82. The van der Waals surface area contributed by atoms with Crippen molar-refractivity contribution >= 4 is 5.91 Å². The Kier molecular flexibility index (Phi) is 3.89. The number of carbonyl (C=O) groups excluding carboxylic acids is 1. The fraction of sp³-hybridized carbons (Fsp3) is 0.900. The summed E-state index contributed by atoms with van der Waals surface area (Å²) in [4.78, 5) is 11.9. The number of rotatable bonds is 3. The van der Waals surface area contributed by atoms with Gasteiger partial charge in [0, 0.05) is 19.1 Å². The number of nitrogens with two attached hydrogens (primary N) is 1. The van der Waals surface area contributed by atoms with Crippen LogP contribution in [0.15, 0.2) is 0 Å². The molecule has 4 heteroatoms. The van der Waals surface area contributed by atoms with Crippen LogP contribution in [0.3, 0.4) is 0 Å². The molecular formula is C10H21N3O. The fourth-order valence-corrected chi connectivity index (χ4v) is 1.71. The summed E-state index contributed by atoms with van der Waals surface area (Å²) in [6, 6.07) is 0.0706. The van der Waals surface area contributed by atoms with Crippen LogP contribution in [0.1, 0.15) is 26.7 Å². The van der Waals surface area contributed by atoms with Gasteiger partial charge in [-0.2, -0.15) is 0 Å². The number of carbonyl (C=O) groups is 1. The van der Waals surface area contributed by atoms with Gasteiger partial charge in [-0.05, 0) is 33.2 Å². The molecule has 4 N–H and O–H groups in total. The SMILES string of the molecule is C[C@H](CN)NC(=O)C1(C)CCCNC1. The first-order chi connectivity index (χ1) is 6.58. The first kappa shape index (κ1) is 11.5. The monoisotopic (exact) mass is 199 g/mol. The van der Waals surface area contributed by atoms with Crippen molar-refractivity contribution in [3.05, 3.63) is 0 Å². The highest BCUT2D eigenvalue weighted by Crippen LogP contribution is 2.25. The van der Waals surface area contributed by atoms with Crippen molar-refractivity contribution in [3.8, 4) is 0 Å². The van der Waals surface area contributed by atoms with Crippen molar-refractivity contribution < 1.29 is 4.79 Å². The normalized spacial score (nSPS) is 29.6. The molecule has 0 aromatic carbocycles. The van der Waals surface area contributed by atoms with Crippen molar-refractivity contribution in [2.75, 3.05) is 19.6 Å². The zero-order valence-electron chi connectivity index (χ0n) is 9.10. The minimum Gasteiger partial charge on any atom is -0.352 e. The van der Waals surface area contributed by atoms with Crippen LogP contribution in [0.25, 0.3) is 0 Å². The van der Waals surface area contributed by atoms with Gasteiger partial charge in [0.2, 0.25) is 5.91 Å². The lowest BCUT2D eigenvalue weighted by atomic mass is 9.82. The van der Waals surface area contributed by atoms with Crippen molar-refractivity contribution in [2.24, 2.45) is 11.1 Å². The summed E-state index contributed by atoms with van der Waals surface area (Å²) in [6.45, 7) is 6.23. The first-order valence-electron chi connectivity index (χ1n) is 5.30. The van der Waals surface area contributed by atoms with Gasteiger partial charge in [-0.25, -0.2) is 0 Å². The lowest BCUT2D eigenvalue weighted by molar-refractivity contribution is -0.131. The van der Waals surface area contributed by atoms with Crippen molar-refractivity contribution in [1.82, 2.24) is 10.6 Å². The molecule has 0 aromatic heterocycles. The third-order valence-electron chi connectivity index (χ3n) is 2.88. The van der Waals surface area contributed by atoms with E-state index in [0.29, 0.717) is 6.54 Å². The van der Waals surface area contributed by atoms with Gasteiger partial charge in [0.15, 0.2) is 0 Å². The average molecular weight is 199 g/mol. The minimum atomic E-state index is -0.248. The molecule has 0 spiro atoms. The van der Waals surface area contributed by atoms with Crippen LogP contribution >= 0.6 is 0 Å². The summed E-state index contributed by atoms with van der Waals surface area (Å²) in [7, 11) is 0. The molecule has 1 aliphatic heterocycles. The highest BCUT2D eigenvalue weighted by Gasteiger charge is 2.34. The molecule has 1 heterocycles. The summed E-state index contributed by atoms with van der Waals surface area (Å²) >= 11 is 0. The predicted molar refractivity (Wildman–Crippen MR) is 56.9 cm³/mol. The molecule has 0 bridgehead atoms. The van der Waals surface area contributed by atoms with Gasteiger partial charge >= 0.3 is 0 Å². The van der Waals surface area contributed by atoms with Gasteiger partial charge < -0.3 is 16.4 Å². The lowest BCUT2D eigenvalue weighted by Crippen LogP contribution is -2.51. The summed E-state index contributed by atoms with van der Waals surface area (Å²) in [6.07, 6.45) is 2.03. The molecular weight excluding hydrogens is 178 g/mol. The fourth-order valence-electron chi connectivity index (χ4n) is 1.71. The van der Waals surface area contributed by atoms with E-state index in [-0.39, 0.29) is 17.4 Å². The molecule has 2 atom stereocenters. The second-order valence-electron chi connectivity index (χ2n) is 4.45. The van der Waals surface area contributed by atoms with Gasteiger partial charge in [0.05, 0.1) is 5.41 Å². The summed E-state index contributed by atoms with van der Waals surface area (Å²) in [5.41, 5.74) is 5.21. The summed E-state index contributed by atoms with van der Waals surface area (Å²) < 4.78 is 0. The number of amides is 1. The molecule has 1 amide bonds. The van der Waals surface area contributed by atoms with Crippen LogP contribution in [-0.2, 0) is 4.79 Å². The maximum atomic E-state index is 11.9. The summed E-state index contributed by atoms with van der Waals surface area (Å²) in [5, 5.41) is 6.19. The summed E-state index contributed by atoms with van der Waals surface area (Å²) in [5.74, 6) is 0.127. The largest absolute Gasteiger partial charge is 0.352 e. The molecule has 82 valence electrons. The standard InChI is InChI=1S/C10H21N3O/c1-8(6-11)13-9(14)10(2)4-3-5-12-7-10/h8,12H,3-7,11H2,1-2H3,(H,13,14)/t8-,10?/m1/s1. The molecule has 0 radical (unpaired) electrons. The van der Waals surface area contributed by atoms with E-state index in [2.05, 4.69) is 10.6 Å². The van der Waals surface area contributed by atoms with E-state index in [4.69, 9.17) is 5.73 Å². The molecule has 0 aromatic rings. The van der Waals surface area contributed by atoms with Gasteiger partial charge in [0.1, 0.15) is 0 Å². The zero-order chi connectivity index (χ0) is 10.6. The Morgan fingerprint density at radius 2 is 2.43 bits per heavy atom. The van der Waals surface area contributed by atoms with Gasteiger partial charge in [0.25, 0.3) is 0 Å². The molecule has 0 aliphatic carbocycles. The Labute approximate surface area is 85.6 Å². The highest BCUT2D eigenvalue weighted by atomic mass is 16.2. The average Bonchev–Trinajstić information content (AvgIpc) is 2.18. The number of nitrogens with one attached hydrogen (secondary N) is 2. The Balaban J connectivity index is 2.49. The van der Waals surface area contributed by atoms with Crippen molar-refractivity contribution in [1.29, 1.82) is 0 Å². The van der Waals surface area contributed by atoms with E-state index in [1.807, 2.05) is 13.8 Å². The van der Waals surface area contributed by atoms with E-state index >= 15 is 0 Å². The molecule has 1 fully saturated rings. The third kappa shape index (κ3) is 2.69. The second-order valence-corrected chi connectivity index (χ2v) is 4.45. The topological polar surface area (TPSA) is 67.1 Å². The molecule has 14 heavy (non-hydrogen) atoms. The van der Waals surface area contributed by atoms with E-state index in [1.165, 1.54) is 0 Å². The van der Waals surface area contributed by atoms with Gasteiger partial charge in [-0.3, -0.25) is 4.79 Å². The van der Waals surface area contributed by atoms with Crippen LogP contribution in [-0.4, -0.2) is 31.6 Å². The Bertz CT molecular complexity index is 200. The number of hydrogen-bond donors (Lipinski definition) is 3. The quantitative estimate of drug-likeness (QED) is 0.591. The van der Waals surface area contributed by atoms with Crippen LogP contribution in [0.2, 0.25) is 0 Å². The molecule has 1 unspecified atom stereocenters. The van der Waals surface area contributed by atoms with E-state index < -0.39 is 0 Å². The third-order valence-corrected chi connectivity index (χ3v) is 2.88. The van der Waals surface area contributed by atoms with Crippen molar-refractivity contribution in [2.45, 2.75) is 32.7 Å². The van der Waals surface area contributed by atoms with E-state index in [9.17, 15) is 4.79 Å². The minimum absolute atomic E-state index is 0.0706. The second kappa shape index (κ2) is 4.75. The molecule has 4 nitrogen and oxygen atoms in total. The van der Waals surface area contributed by atoms with E-state index in [0.717, 1.165) is 25.9 Å². The zero-order valence-corrected chi connectivity index (χ0v) is 9.10. The van der Waals surface area contributed by atoms with Crippen LogP contribution in [0.5, 0.6) is 0 Å². The van der Waals surface area contributed by atoms with Gasteiger partial charge in [-0.1, -0.05) is 0 Å².